The second kappa shape index (κ2) is 5.05. The maximum Gasteiger partial charge on any atom is 0.228 e. The van der Waals surface area contributed by atoms with E-state index in [1.54, 1.807) is 12.1 Å². The van der Waals surface area contributed by atoms with E-state index in [4.69, 9.17) is 0 Å². The van der Waals surface area contributed by atoms with Gasteiger partial charge in [-0.1, -0.05) is 34.1 Å². The van der Waals surface area contributed by atoms with Crippen LogP contribution in [0.2, 0.25) is 0 Å². The summed E-state index contributed by atoms with van der Waals surface area (Å²) in [5.74, 6) is -2.67. The van der Waals surface area contributed by atoms with Crippen LogP contribution in [0.5, 0.6) is 0 Å². The first kappa shape index (κ1) is 13.4. The van der Waals surface area contributed by atoms with Crippen LogP contribution in [0.25, 0.3) is 0 Å². The third-order valence-electron chi connectivity index (χ3n) is 4.13. The van der Waals surface area contributed by atoms with Crippen LogP contribution in [-0.2, 0) is 9.59 Å². The molecule has 3 rings (SSSR count). The van der Waals surface area contributed by atoms with Crippen LogP contribution in [0.3, 0.4) is 0 Å². The molecule has 0 radical (unpaired) electrons. The third-order valence-corrected chi connectivity index (χ3v) is 4.62. The summed E-state index contributed by atoms with van der Waals surface area (Å²) in [6.45, 7) is 0. The van der Waals surface area contributed by atoms with Crippen molar-refractivity contribution in [1.29, 1.82) is 0 Å². The molecule has 104 valence electrons. The van der Waals surface area contributed by atoms with E-state index in [0.29, 0.717) is 5.69 Å². The summed E-state index contributed by atoms with van der Waals surface area (Å²) < 4.78 is 0.861. The van der Waals surface area contributed by atoms with Crippen LogP contribution in [0.4, 0.5) is 5.69 Å². The molecule has 0 aliphatic heterocycles. The Balaban J connectivity index is 1.80. The molecule has 1 amide bonds. The van der Waals surface area contributed by atoms with Crippen molar-refractivity contribution >= 4 is 33.5 Å². The molecule has 1 N–H and O–H groups in total. The number of nitrogens with one attached hydrogen (secondary N) is 1. The van der Waals surface area contributed by atoms with E-state index >= 15 is 0 Å². The Morgan fingerprint density at radius 3 is 2.55 bits per heavy atom. The third kappa shape index (κ3) is 2.26. The molecule has 1 saturated carbocycles. The van der Waals surface area contributed by atoms with Gasteiger partial charge in [-0.25, -0.2) is 0 Å². The summed E-state index contributed by atoms with van der Waals surface area (Å²) in [5.41, 5.74) is 0.660. The molecule has 20 heavy (non-hydrogen) atoms. The molecule has 5 heteroatoms. The Labute approximate surface area is 125 Å². The van der Waals surface area contributed by atoms with E-state index in [9.17, 15) is 14.7 Å². The number of rotatable bonds is 3. The molecule has 1 aromatic carbocycles. The minimum atomic E-state index is -1.13. The highest BCUT2D eigenvalue weighted by atomic mass is 79.9. The largest absolute Gasteiger partial charge is 0.550 e. The number of allylic oxidation sites excluding steroid dienone is 2. The number of carboxylic acids is 1. The van der Waals surface area contributed by atoms with Gasteiger partial charge in [-0.15, -0.1) is 0 Å². The summed E-state index contributed by atoms with van der Waals surface area (Å²) in [6, 6.07) is 7.24. The Morgan fingerprint density at radius 1 is 1.20 bits per heavy atom. The molecular formula is C15H13BrNO3-. The molecule has 0 spiro atoms. The van der Waals surface area contributed by atoms with E-state index in [1.165, 1.54) is 0 Å². The first-order valence-electron chi connectivity index (χ1n) is 6.52. The fourth-order valence-electron chi connectivity index (χ4n) is 3.29. The van der Waals surface area contributed by atoms with Crippen molar-refractivity contribution in [3.63, 3.8) is 0 Å². The number of halogens is 1. The molecular weight excluding hydrogens is 322 g/mol. The topological polar surface area (TPSA) is 69.2 Å². The predicted octanol–water partition coefficient (Wildman–Crippen LogP) is 1.58. The maximum absolute atomic E-state index is 12.4. The standard InChI is InChI=1S/C15H14BrNO3/c16-10-2-1-3-11(7-10)17-14(18)12-8-4-5-9(6-8)13(12)15(19)20/h1-5,7-9,12-13H,6H2,(H,17,18)(H,19,20)/p-1/t8-,9+,12+,13-/m0/s1. The summed E-state index contributed by atoms with van der Waals surface area (Å²) >= 11 is 3.34. The van der Waals surface area contributed by atoms with Crippen molar-refractivity contribution in [2.24, 2.45) is 23.7 Å². The number of amides is 1. The number of carboxylic acid groups (broad SMARTS) is 1. The van der Waals surface area contributed by atoms with Gasteiger partial charge in [0, 0.05) is 22.0 Å². The zero-order chi connectivity index (χ0) is 14.3. The van der Waals surface area contributed by atoms with Crippen molar-refractivity contribution in [3.8, 4) is 0 Å². The maximum atomic E-state index is 12.4. The lowest BCUT2D eigenvalue weighted by Crippen LogP contribution is -2.42. The van der Waals surface area contributed by atoms with Crippen molar-refractivity contribution in [2.75, 3.05) is 5.32 Å². The number of benzene rings is 1. The van der Waals surface area contributed by atoms with Gasteiger partial charge in [0.15, 0.2) is 0 Å². The SMILES string of the molecule is O=C([O-])[C@@H]1[C@H](C(=O)Nc2cccc(Br)c2)[C@H]2C=C[C@@H]1C2. The van der Waals surface area contributed by atoms with Crippen LogP contribution >= 0.6 is 15.9 Å². The van der Waals surface area contributed by atoms with Crippen molar-refractivity contribution in [3.05, 3.63) is 40.9 Å². The molecule has 0 heterocycles. The highest BCUT2D eigenvalue weighted by molar-refractivity contribution is 9.10. The molecule has 2 aliphatic carbocycles. The second-order valence-corrected chi connectivity index (χ2v) is 6.23. The smallest absolute Gasteiger partial charge is 0.228 e. The van der Waals surface area contributed by atoms with E-state index in [-0.39, 0.29) is 17.7 Å². The van der Waals surface area contributed by atoms with Crippen molar-refractivity contribution < 1.29 is 14.7 Å². The number of anilines is 1. The molecule has 2 bridgehead atoms. The van der Waals surface area contributed by atoms with Gasteiger partial charge in [0.2, 0.25) is 5.91 Å². The molecule has 1 fully saturated rings. The molecule has 1 aromatic rings. The van der Waals surface area contributed by atoms with Crippen LogP contribution in [0.15, 0.2) is 40.9 Å². The molecule has 0 aromatic heterocycles. The number of carbonyl (C=O) groups excluding carboxylic acids is 2. The van der Waals surface area contributed by atoms with E-state index < -0.39 is 17.8 Å². The minimum absolute atomic E-state index is 0.00931. The van der Waals surface area contributed by atoms with Crippen LogP contribution < -0.4 is 10.4 Å². The lowest BCUT2D eigenvalue weighted by Gasteiger charge is -2.27. The predicted molar refractivity (Wildman–Crippen MR) is 75.5 cm³/mol. The Bertz CT molecular complexity index is 599. The zero-order valence-corrected chi connectivity index (χ0v) is 12.2. The highest BCUT2D eigenvalue weighted by Gasteiger charge is 2.48. The van der Waals surface area contributed by atoms with E-state index in [0.717, 1.165) is 10.9 Å². The Kier molecular flexibility index (Phi) is 3.38. The molecule has 0 unspecified atom stereocenters. The first-order chi connectivity index (χ1) is 9.56. The van der Waals surface area contributed by atoms with Crippen molar-refractivity contribution in [1.82, 2.24) is 0 Å². The number of carbonyl (C=O) groups is 2. The van der Waals surface area contributed by atoms with Gasteiger partial charge in [0.25, 0.3) is 0 Å². The number of hydrogen-bond donors (Lipinski definition) is 1. The van der Waals surface area contributed by atoms with Crippen LogP contribution in [0, 0.1) is 23.7 Å². The monoisotopic (exact) mass is 334 g/mol. The first-order valence-corrected chi connectivity index (χ1v) is 7.31. The number of hydrogen-bond acceptors (Lipinski definition) is 3. The van der Waals surface area contributed by atoms with Gasteiger partial charge in [-0.2, -0.15) is 0 Å². The summed E-state index contributed by atoms with van der Waals surface area (Å²) in [7, 11) is 0. The zero-order valence-electron chi connectivity index (χ0n) is 10.6. The number of aliphatic carboxylic acids is 1. The minimum Gasteiger partial charge on any atom is -0.550 e. The van der Waals surface area contributed by atoms with E-state index in [2.05, 4.69) is 21.2 Å². The fraction of sp³-hybridized carbons (Fsp3) is 0.333. The summed E-state index contributed by atoms with van der Waals surface area (Å²) in [4.78, 5) is 23.7. The Hall–Kier alpha value is -1.62. The van der Waals surface area contributed by atoms with Gasteiger partial charge in [0.05, 0.1) is 5.92 Å². The van der Waals surface area contributed by atoms with Gasteiger partial charge in [0.1, 0.15) is 0 Å². The van der Waals surface area contributed by atoms with E-state index in [1.807, 2.05) is 24.3 Å². The van der Waals surface area contributed by atoms with Crippen LogP contribution in [-0.4, -0.2) is 11.9 Å². The normalized spacial score (nSPS) is 30.4. The fourth-order valence-corrected chi connectivity index (χ4v) is 3.69. The molecule has 4 atom stereocenters. The van der Waals surface area contributed by atoms with Gasteiger partial charge in [-0.05, 0) is 36.5 Å². The van der Waals surface area contributed by atoms with Gasteiger partial charge in [-0.3, -0.25) is 4.79 Å². The second-order valence-electron chi connectivity index (χ2n) is 5.32. The average Bonchev–Trinajstić information content (AvgIpc) is 2.98. The molecule has 0 saturated heterocycles. The molecule has 2 aliphatic rings. The van der Waals surface area contributed by atoms with Crippen molar-refractivity contribution in [2.45, 2.75) is 6.42 Å². The summed E-state index contributed by atoms with van der Waals surface area (Å²) in [6.07, 6.45) is 4.58. The summed E-state index contributed by atoms with van der Waals surface area (Å²) in [5, 5.41) is 14.1. The molecule has 4 nitrogen and oxygen atoms in total. The lowest BCUT2D eigenvalue weighted by molar-refractivity contribution is -0.313. The van der Waals surface area contributed by atoms with Gasteiger partial charge >= 0.3 is 0 Å². The van der Waals surface area contributed by atoms with Crippen LogP contribution in [0.1, 0.15) is 6.42 Å². The number of fused-ring (bicyclic) bond motifs is 2. The van der Waals surface area contributed by atoms with Gasteiger partial charge < -0.3 is 15.2 Å². The Morgan fingerprint density at radius 2 is 1.90 bits per heavy atom. The quantitative estimate of drug-likeness (QED) is 0.853. The highest BCUT2D eigenvalue weighted by Crippen LogP contribution is 2.48. The lowest BCUT2D eigenvalue weighted by atomic mass is 9.82. The average molecular weight is 335 g/mol.